The summed E-state index contributed by atoms with van der Waals surface area (Å²) < 4.78 is 18.9. The van der Waals surface area contributed by atoms with Gasteiger partial charge in [-0.3, -0.25) is 4.79 Å². The lowest BCUT2D eigenvalue weighted by Gasteiger charge is -2.11. The summed E-state index contributed by atoms with van der Waals surface area (Å²) in [6.07, 6.45) is 1.31. The highest BCUT2D eigenvalue weighted by molar-refractivity contribution is 6.31. The number of hydrogen-bond acceptors (Lipinski definition) is 5. The second-order valence-electron chi connectivity index (χ2n) is 6.11. The molecule has 0 bridgehead atoms. The number of carbonyl (C=O) groups is 1. The third-order valence-corrected chi connectivity index (χ3v) is 4.55. The summed E-state index contributed by atoms with van der Waals surface area (Å²) in [5.74, 6) is -1.24. The number of carbonyl (C=O) groups excluding carboxylic acids is 1. The molecule has 3 aromatic carbocycles. The van der Waals surface area contributed by atoms with Gasteiger partial charge in [0.15, 0.2) is 0 Å². The van der Waals surface area contributed by atoms with E-state index in [1.807, 2.05) is 0 Å². The molecule has 0 spiro atoms. The van der Waals surface area contributed by atoms with Gasteiger partial charge in [0.25, 0.3) is 5.91 Å². The van der Waals surface area contributed by atoms with Gasteiger partial charge in [0, 0.05) is 16.1 Å². The van der Waals surface area contributed by atoms with Crippen molar-refractivity contribution in [3.63, 3.8) is 0 Å². The molecule has 0 aliphatic rings. The number of hydrogen-bond donors (Lipinski definition) is 3. The van der Waals surface area contributed by atoms with E-state index in [1.165, 1.54) is 36.5 Å². The summed E-state index contributed by atoms with van der Waals surface area (Å²) in [7, 11) is 0. The molecule has 0 fully saturated rings. The Morgan fingerprint density at radius 3 is 2.67 bits per heavy atom. The number of nitrogens with one attached hydrogen (secondary N) is 1. The molecule has 1 amide bonds. The van der Waals surface area contributed by atoms with Crippen molar-refractivity contribution < 1.29 is 24.1 Å². The predicted octanol–water partition coefficient (Wildman–Crippen LogP) is 4.89. The van der Waals surface area contributed by atoms with Crippen LogP contribution < -0.4 is 10.2 Å². The number of rotatable bonds is 6. The van der Waals surface area contributed by atoms with E-state index in [-0.39, 0.29) is 28.7 Å². The van der Waals surface area contributed by atoms with Crippen molar-refractivity contribution in [2.75, 3.05) is 0 Å². The topological polar surface area (TPSA) is 91.2 Å². The van der Waals surface area contributed by atoms with E-state index < -0.39 is 11.7 Å². The van der Waals surface area contributed by atoms with Crippen LogP contribution in [0, 0.1) is 5.82 Å². The largest absolute Gasteiger partial charge is 0.508 e. The maximum atomic E-state index is 13.2. The van der Waals surface area contributed by atoms with Crippen molar-refractivity contribution in [3.8, 4) is 17.2 Å². The number of benzene rings is 3. The van der Waals surface area contributed by atoms with Crippen LogP contribution in [-0.4, -0.2) is 22.3 Å². The lowest BCUT2D eigenvalue weighted by Crippen LogP contribution is -2.17. The third kappa shape index (κ3) is 5.40. The molecule has 9 heteroatoms. The highest BCUT2D eigenvalue weighted by Gasteiger charge is 2.11. The monoisotopic (exact) mass is 448 g/mol. The molecule has 0 radical (unpaired) electrons. The van der Waals surface area contributed by atoms with Crippen LogP contribution >= 0.6 is 23.2 Å². The van der Waals surface area contributed by atoms with Crippen molar-refractivity contribution in [2.45, 2.75) is 6.61 Å². The molecular formula is C21H15Cl2FN2O4. The minimum absolute atomic E-state index is 0.0745. The number of phenols is 2. The second kappa shape index (κ2) is 9.47. The molecule has 3 N–H and O–H groups in total. The summed E-state index contributed by atoms with van der Waals surface area (Å²) in [6, 6.07) is 12.3. The van der Waals surface area contributed by atoms with E-state index in [9.17, 15) is 19.4 Å². The zero-order valence-corrected chi connectivity index (χ0v) is 16.8. The van der Waals surface area contributed by atoms with Gasteiger partial charge in [0.1, 0.15) is 29.7 Å². The van der Waals surface area contributed by atoms with E-state index >= 15 is 0 Å². The summed E-state index contributed by atoms with van der Waals surface area (Å²) >= 11 is 12.0. The smallest absolute Gasteiger partial charge is 0.275 e. The maximum absolute atomic E-state index is 13.2. The van der Waals surface area contributed by atoms with Gasteiger partial charge in [-0.15, -0.1) is 0 Å². The summed E-state index contributed by atoms with van der Waals surface area (Å²) in [5, 5.41) is 23.7. The number of amides is 1. The minimum atomic E-state index is -0.720. The van der Waals surface area contributed by atoms with Crippen molar-refractivity contribution >= 4 is 35.3 Å². The number of phenolic OH excluding ortho intramolecular Hbond substituents is 2. The van der Waals surface area contributed by atoms with E-state index in [1.54, 1.807) is 18.2 Å². The first kappa shape index (κ1) is 21.4. The van der Waals surface area contributed by atoms with Gasteiger partial charge in [-0.05, 0) is 48.5 Å². The SMILES string of the molecule is O=C(N/N=C\c1cc(Cl)ccc1OCc1ccc(F)cc1Cl)c1cc(O)ccc1O. The Bertz CT molecular complexity index is 1120. The zero-order chi connectivity index (χ0) is 21.7. The molecule has 0 unspecified atom stereocenters. The third-order valence-electron chi connectivity index (χ3n) is 3.96. The fourth-order valence-electron chi connectivity index (χ4n) is 2.47. The van der Waals surface area contributed by atoms with Crippen LogP contribution in [0.2, 0.25) is 10.0 Å². The summed E-state index contributed by atoms with van der Waals surface area (Å²) in [4.78, 5) is 12.1. The second-order valence-corrected chi connectivity index (χ2v) is 6.95. The molecule has 0 aromatic heterocycles. The Morgan fingerprint density at radius 1 is 1.10 bits per heavy atom. The van der Waals surface area contributed by atoms with Crippen molar-refractivity contribution in [1.82, 2.24) is 5.43 Å². The van der Waals surface area contributed by atoms with Gasteiger partial charge >= 0.3 is 0 Å². The Hall–Kier alpha value is -3.29. The summed E-state index contributed by atoms with van der Waals surface area (Å²) in [6.45, 7) is 0.0745. The fourth-order valence-corrected chi connectivity index (χ4v) is 2.87. The minimum Gasteiger partial charge on any atom is -0.508 e. The molecule has 0 saturated carbocycles. The average molecular weight is 449 g/mol. The van der Waals surface area contributed by atoms with Crippen LogP contribution in [0.25, 0.3) is 0 Å². The van der Waals surface area contributed by atoms with Crippen LogP contribution in [0.15, 0.2) is 59.7 Å². The van der Waals surface area contributed by atoms with E-state index in [4.69, 9.17) is 27.9 Å². The molecule has 3 rings (SSSR count). The van der Waals surface area contributed by atoms with Crippen molar-refractivity contribution in [2.24, 2.45) is 5.10 Å². The Kier molecular flexibility index (Phi) is 6.76. The molecule has 0 saturated heterocycles. The number of halogens is 3. The van der Waals surface area contributed by atoms with Gasteiger partial charge in [-0.25, -0.2) is 9.82 Å². The van der Waals surface area contributed by atoms with Crippen LogP contribution in [0.4, 0.5) is 4.39 Å². The molecule has 154 valence electrons. The quantitative estimate of drug-likeness (QED) is 0.284. The van der Waals surface area contributed by atoms with Gasteiger partial charge in [0.05, 0.1) is 16.8 Å². The van der Waals surface area contributed by atoms with Gasteiger partial charge in [-0.1, -0.05) is 29.3 Å². The number of nitrogens with zero attached hydrogens (tertiary/aromatic N) is 1. The standard InChI is InChI=1S/C21H15Cl2FN2O4/c22-14-2-6-20(30-11-12-1-3-15(24)8-18(12)23)13(7-14)10-25-26-21(29)17-9-16(27)4-5-19(17)28/h1-10,27-28H,11H2,(H,26,29)/b25-10-. The molecule has 0 atom stereocenters. The highest BCUT2D eigenvalue weighted by atomic mass is 35.5. The number of hydrazone groups is 1. The number of ether oxygens (including phenoxy) is 1. The van der Waals surface area contributed by atoms with Crippen LogP contribution in [-0.2, 0) is 6.61 Å². The Labute approximate surface area is 181 Å². The Balaban J connectivity index is 1.73. The molecular weight excluding hydrogens is 434 g/mol. The highest BCUT2D eigenvalue weighted by Crippen LogP contribution is 2.25. The van der Waals surface area contributed by atoms with Crippen molar-refractivity contribution in [3.05, 3.63) is 87.2 Å². The van der Waals surface area contributed by atoms with Gasteiger partial charge in [0.2, 0.25) is 0 Å². The van der Waals surface area contributed by atoms with E-state index in [0.717, 1.165) is 6.07 Å². The molecule has 0 heterocycles. The van der Waals surface area contributed by atoms with E-state index in [0.29, 0.717) is 21.9 Å². The van der Waals surface area contributed by atoms with Crippen LogP contribution in [0.1, 0.15) is 21.5 Å². The average Bonchev–Trinajstić information content (AvgIpc) is 2.70. The molecule has 0 aliphatic heterocycles. The van der Waals surface area contributed by atoms with Crippen molar-refractivity contribution in [1.29, 1.82) is 0 Å². The Morgan fingerprint density at radius 2 is 1.90 bits per heavy atom. The normalized spacial score (nSPS) is 10.9. The lowest BCUT2D eigenvalue weighted by atomic mass is 10.2. The fraction of sp³-hybridized carbons (Fsp3) is 0.0476. The van der Waals surface area contributed by atoms with Gasteiger partial charge < -0.3 is 14.9 Å². The maximum Gasteiger partial charge on any atom is 0.275 e. The molecule has 0 aliphatic carbocycles. The summed E-state index contributed by atoms with van der Waals surface area (Å²) in [5.41, 5.74) is 3.16. The first-order valence-corrected chi connectivity index (χ1v) is 9.31. The van der Waals surface area contributed by atoms with E-state index in [2.05, 4.69) is 10.5 Å². The molecule has 6 nitrogen and oxygen atoms in total. The molecule has 30 heavy (non-hydrogen) atoms. The first-order valence-electron chi connectivity index (χ1n) is 8.55. The number of aromatic hydroxyl groups is 2. The van der Waals surface area contributed by atoms with Crippen LogP contribution in [0.3, 0.4) is 0 Å². The van der Waals surface area contributed by atoms with Gasteiger partial charge in [-0.2, -0.15) is 5.10 Å². The zero-order valence-electron chi connectivity index (χ0n) is 15.3. The van der Waals surface area contributed by atoms with Crippen LogP contribution in [0.5, 0.6) is 17.2 Å². The predicted molar refractivity (Wildman–Crippen MR) is 112 cm³/mol. The first-order chi connectivity index (χ1) is 14.3. The molecule has 3 aromatic rings. The lowest BCUT2D eigenvalue weighted by molar-refractivity contribution is 0.0952.